The molecule has 1 aromatic heterocycles. The van der Waals surface area contributed by atoms with E-state index in [1.54, 1.807) is 12.3 Å². The molecule has 82 valence electrons. The second kappa shape index (κ2) is 4.68. The molecule has 1 aromatic rings. The Morgan fingerprint density at radius 2 is 2.47 bits per heavy atom. The summed E-state index contributed by atoms with van der Waals surface area (Å²) < 4.78 is 18.8. The number of ether oxygens (including phenoxy) is 1. The maximum absolute atomic E-state index is 13.4. The smallest absolute Gasteiger partial charge is 0.146 e. The van der Waals surface area contributed by atoms with E-state index < -0.39 is 0 Å². The van der Waals surface area contributed by atoms with Crippen LogP contribution < -0.4 is 5.73 Å². The van der Waals surface area contributed by atoms with Crippen molar-refractivity contribution in [3.8, 4) is 0 Å². The molecule has 2 unspecified atom stereocenters. The number of rotatable bonds is 2. The lowest BCUT2D eigenvalue weighted by atomic mass is 9.90. The third kappa shape index (κ3) is 2.33. The lowest BCUT2D eigenvalue weighted by Crippen LogP contribution is -2.29. The van der Waals surface area contributed by atoms with E-state index in [0.29, 0.717) is 12.2 Å². The SMILES string of the molecule is NC(c1ccncc1F)C1CCCOC1. The zero-order valence-corrected chi connectivity index (χ0v) is 8.53. The van der Waals surface area contributed by atoms with Crippen molar-refractivity contribution in [3.63, 3.8) is 0 Å². The Morgan fingerprint density at radius 3 is 3.13 bits per heavy atom. The summed E-state index contributed by atoms with van der Waals surface area (Å²) in [7, 11) is 0. The third-order valence-electron chi connectivity index (χ3n) is 2.87. The molecule has 0 spiro atoms. The first-order valence-electron chi connectivity index (χ1n) is 5.22. The number of aromatic nitrogens is 1. The molecule has 4 heteroatoms. The zero-order valence-electron chi connectivity index (χ0n) is 8.53. The number of halogens is 1. The highest BCUT2D eigenvalue weighted by atomic mass is 19.1. The third-order valence-corrected chi connectivity index (χ3v) is 2.87. The first kappa shape index (κ1) is 10.5. The van der Waals surface area contributed by atoms with Crippen molar-refractivity contribution in [2.45, 2.75) is 18.9 Å². The lowest BCUT2D eigenvalue weighted by molar-refractivity contribution is 0.0443. The minimum atomic E-state index is -0.324. The Bertz CT molecular complexity index is 326. The minimum Gasteiger partial charge on any atom is -0.381 e. The van der Waals surface area contributed by atoms with E-state index >= 15 is 0 Å². The van der Waals surface area contributed by atoms with Gasteiger partial charge in [-0.05, 0) is 18.9 Å². The van der Waals surface area contributed by atoms with Crippen LogP contribution in [0.3, 0.4) is 0 Å². The van der Waals surface area contributed by atoms with Gasteiger partial charge in [-0.15, -0.1) is 0 Å². The van der Waals surface area contributed by atoms with Gasteiger partial charge in [0.2, 0.25) is 0 Å². The molecular weight excluding hydrogens is 195 g/mol. The Kier molecular flexibility index (Phi) is 3.28. The summed E-state index contributed by atoms with van der Waals surface area (Å²) in [5.41, 5.74) is 6.56. The number of hydrogen-bond acceptors (Lipinski definition) is 3. The van der Waals surface area contributed by atoms with Gasteiger partial charge in [-0.2, -0.15) is 0 Å². The Labute approximate surface area is 88.5 Å². The van der Waals surface area contributed by atoms with E-state index in [9.17, 15) is 4.39 Å². The van der Waals surface area contributed by atoms with E-state index in [0.717, 1.165) is 19.4 Å². The van der Waals surface area contributed by atoms with Gasteiger partial charge >= 0.3 is 0 Å². The number of pyridine rings is 1. The molecule has 1 saturated heterocycles. The van der Waals surface area contributed by atoms with Crippen LogP contribution in [0, 0.1) is 11.7 Å². The fraction of sp³-hybridized carbons (Fsp3) is 0.545. The maximum Gasteiger partial charge on any atom is 0.146 e. The molecule has 2 rings (SSSR count). The molecule has 0 aliphatic carbocycles. The molecule has 1 aliphatic heterocycles. The monoisotopic (exact) mass is 210 g/mol. The van der Waals surface area contributed by atoms with Crippen LogP contribution in [0.1, 0.15) is 24.4 Å². The summed E-state index contributed by atoms with van der Waals surface area (Å²) in [6.07, 6.45) is 4.79. The van der Waals surface area contributed by atoms with E-state index in [1.165, 1.54) is 6.20 Å². The Hall–Kier alpha value is -1.00. The zero-order chi connectivity index (χ0) is 10.7. The molecule has 2 heterocycles. The van der Waals surface area contributed by atoms with Crippen LogP contribution in [-0.2, 0) is 4.74 Å². The van der Waals surface area contributed by atoms with Crippen molar-refractivity contribution >= 4 is 0 Å². The predicted molar refractivity (Wildman–Crippen MR) is 54.7 cm³/mol. The van der Waals surface area contributed by atoms with E-state index in [-0.39, 0.29) is 17.8 Å². The molecule has 2 N–H and O–H groups in total. The van der Waals surface area contributed by atoms with Gasteiger partial charge in [0.25, 0.3) is 0 Å². The topological polar surface area (TPSA) is 48.1 Å². The predicted octanol–water partition coefficient (Wildman–Crippen LogP) is 1.65. The highest BCUT2D eigenvalue weighted by Crippen LogP contribution is 2.27. The second-order valence-corrected chi connectivity index (χ2v) is 3.90. The Balaban J connectivity index is 2.12. The molecule has 1 fully saturated rings. The van der Waals surface area contributed by atoms with Crippen molar-refractivity contribution < 1.29 is 9.13 Å². The second-order valence-electron chi connectivity index (χ2n) is 3.90. The molecule has 0 radical (unpaired) electrons. The van der Waals surface area contributed by atoms with Crippen LogP contribution in [0.4, 0.5) is 4.39 Å². The minimum absolute atomic E-state index is 0.218. The molecule has 0 amide bonds. The summed E-state index contributed by atoms with van der Waals surface area (Å²) >= 11 is 0. The molecule has 1 aliphatic rings. The van der Waals surface area contributed by atoms with Crippen LogP contribution in [0.25, 0.3) is 0 Å². The van der Waals surface area contributed by atoms with Gasteiger partial charge in [0.05, 0.1) is 12.8 Å². The molecule has 0 aromatic carbocycles. The molecule has 0 bridgehead atoms. The van der Waals surface area contributed by atoms with Gasteiger partial charge in [0.15, 0.2) is 0 Å². The highest BCUT2D eigenvalue weighted by Gasteiger charge is 2.24. The maximum atomic E-state index is 13.4. The molecule has 3 nitrogen and oxygen atoms in total. The van der Waals surface area contributed by atoms with Crippen LogP contribution in [-0.4, -0.2) is 18.2 Å². The standard InChI is InChI=1S/C11H15FN2O/c12-10-6-14-4-3-9(10)11(13)8-2-1-5-15-7-8/h3-4,6,8,11H,1-2,5,7,13H2. The summed E-state index contributed by atoms with van der Waals surface area (Å²) in [4.78, 5) is 3.71. The molecule has 2 atom stereocenters. The number of nitrogens with two attached hydrogens (primary N) is 1. The lowest BCUT2D eigenvalue weighted by Gasteiger charge is -2.27. The largest absolute Gasteiger partial charge is 0.381 e. The molecule has 0 saturated carbocycles. The van der Waals surface area contributed by atoms with E-state index in [2.05, 4.69) is 4.98 Å². The summed E-state index contributed by atoms with van der Waals surface area (Å²) in [6.45, 7) is 1.42. The van der Waals surface area contributed by atoms with Gasteiger partial charge in [-0.1, -0.05) is 0 Å². The van der Waals surface area contributed by atoms with Crippen molar-refractivity contribution in [2.24, 2.45) is 11.7 Å². The average Bonchev–Trinajstić information content (AvgIpc) is 2.30. The fourth-order valence-corrected chi connectivity index (χ4v) is 1.96. The Morgan fingerprint density at radius 1 is 1.60 bits per heavy atom. The van der Waals surface area contributed by atoms with Crippen molar-refractivity contribution in [3.05, 3.63) is 29.8 Å². The number of hydrogen-bond donors (Lipinski definition) is 1. The molecular formula is C11H15FN2O. The summed E-state index contributed by atoms with van der Waals surface area (Å²) in [6, 6.07) is 1.36. The van der Waals surface area contributed by atoms with Crippen LogP contribution in [0.2, 0.25) is 0 Å². The van der Waals surface area contributed by atoms with Crippen molar-refractivity contribution in [2.75, 3.05) is 13.2 Å². The van der Waals surface area contributed by atoms with Gasteiger partial charge in [0, 0.05) is 30.3 Å². The summed E-state index contributed by atoms with van der Waals surface area (Å²) in [5, 5.41) is 0. The van der Waals surface area contributed by atoms with Crippen molar-refractivity contribution in [1.29, 1.82) is 0 Å². The van der Waals surface area contributed by atoms with Crippen LogP contribution in [0.15, 0.2) is 18.5 Å². The fourth-order valence-electron chi connectivity index (χ4n) is 1.96. The first-order valence-corrected chi connectivity index (χ1v) is 5.22. The number of nitrogens with zero attached hydrogens (tertiary/aromatic N) is 1. The van der Waals surface area contributed by atoms with Gasteiger partial charge in [-0.3, -0.25) is 4.98 Å². The van der Waals surface area contributed by atoms with E-state index in [1.807, 2.05) is 0 Å². The van der Waals surface area contributed by atoms with Crippen LogP contribution >= 0.6 is 0 Å². The highest BCUT2D eigenvalue weighted by molar-refractivity contribution is 5.17. The van der Waals surface area contributed by atoms with E-state index in [4.69, 9.17) is 10.5 Å². The van der Waals surface area contributed by atoms with Gasteiger partial charge in [-0.25, -0.2) is 4.39 Å². The quantitative estimate of drug-likeness (QED) is 0.807. The average molecular weight is 210 g/mol. The normalized spacial score (nSPS) is 23.7. The van der Waals surface area contributed by atoms with Crippen LogP contribution in [0.5, 0.6) is 0 Å². The van der Waals surface area contributed by atoms with Crippen molar-refractivity contribution in [1.82, 2.24) is 4.98 Å². The van der Waals surface area contributed by atoms with Gasteiger partial charge in [0.1, 0.15) is 5.82 Å². The first-order chi connectivity index (χ1) is 7.29. The summed E-state index contributed by atoms with van der Waals surface area (Å²) in [5.74, 6) is -0.105. The molecule has 15 heavy (non-hydrogen) atoms. The van der Waals surface area contributed by atoms with Gasteiger partial charge < -0.3 is 10.5 Å².